The second-order valence-corrected chi connectivity index (χ2v) is 5.00. The molecule has 2 rings (SSSR count). The minimum Gasteiger partial charge on any atom is -0.438 e. The average molecular weight is 308 g/mol. The first kappa shape index (κ1) is 13.1. The van der Waals surface area contributed by atoms with Gasteiger partial charge in [-0.15, -0.1) is 0 Å². The molecule has 0 unspecified atom stereocenters. The molecule has 3 nitrogen and oxygen atoms in total. The van der Waals surface area contributed by atoms with Gasteiger partial charge in [-0.1, -0.05) is 6.07 Å². The minimum absolute atomic E-state index is 0.504. The van der Waals surface area contributed by atoms with Crippen molar-refractivity contribution in [2.75, 3.05) is 0 Å². The fourth-order valence-corrected chi connectivity index (χ4v) is 2.07. The number of rotatable bonds is 3. The predicted octanol–water partition coefficient (Wildman–Crippen LogP) is 4.00. The number of hydrogen-bond donors (Lipinski definition) is 1. The summed E-state index contributed by atoms with van der Waals surface area (Å²) in [5.74, 6) is 1.22. The second kappa shape index (κ2) is 5.50. The maximum Gasteiger partial charge on any atom is 0.219 e. The molecule has 94 valence electrons. The van der Waals surface area contributed by atoms with Crippen molar-refractivity contribution in [3.05, 3.63) is 52.1 Å². The maximum absolute atomic E-state index is 9.39. The molecule has 4 heteroatoms. The molecule has 2 aromatic rings. The van der Waals surface area contributed by atoms with E-state index in [1.807, 2.05) is 25.1 Å². The van der Waals surface area contributed by atoms with Crippen LogP contribution in [0.1, 0.15) is 24.2 Å². The van der Waals surface area contributed by atoms with Crippen LogP contribution in [0, 0.1) is 6.92 Å². The Morgan fingerprint density at radius 2 is 2.06 bits per heavy atom. The van der Waals surface area contributed by atoms with Crippen molar-refractivity contribution in [1.29, 1.82) is 0 Å². The standard InChI is InChI=1S/C14H14BrNO2/c1-9-3-5-13(12(15)7-9)18-14-6-4-11(8-16-14)10(2)17/h3-8,10,17H,1-2H3/t10-/m0/s1. The number of ether oxygens (including phenoxy) is 1. The quantitative estimate of drug-likeness (QED) is 0.932. The normalized spacial score (nSPS) is 12.2. The number of aryl methyl sites for hydroxylation is 1. The number of aliphatic hydroxyl groups excluding tert-OH is 1. The Bertz CT molecular complexity index is 538. The molecule has 1 heterocycles. The highest BCUT2D eigenvalue weighted by molar-refractivity contribution is 9.10. The Morgan fingerprint density at radius 3 is 2.61 bits per heavy atom. The Labute approximate surface area is 115 Å². The number of benzene rings is 1. The minimum atomic E-state index is -0.516. The lowest BCUT2D eigenvalue weighted by atomic mass is 10.2. The van der Waals surface area contributed by atoms with E-state index < -0.39 is 6.10 Å². The molecule has 0 spiro atoms. The fourth-order valence-electron chi connectivity index (χ4n) is 1.50. The monoisotopic (exact) mass is 307 g/mol. The molecule has 18 heavy (non-hydrogen) atoms. The maximum atomic E-state index is 9.39. The van der Waals surface area contributed by atoms with Gasteiger partial charge in [-0.25, -0.2) is 4.98 Å². The zero-order chi connectivity index (χ0) is 13.1. The molecule has 0 radical (unpaired) electrons. The number of hydrogen-bond acceptors (Lipinski definition) is 3. The molecule has 0 saturated heterocycles. The van der Waals surface area contributed by atoms with E-state index in [0.717, 1.165) is 21.3 Å². The highest BCUT2D eigenvalue weighted by Gasteiger charge is 2.05. The summed E-state index contributed by atoms with van der Waals surface area (Å²) in [6, 6.07) is 9.40. The summed E-state index contributed by atoms with van der Waals surface area (Å²) in [5, 5.41) is 9.39. The third-order valence-electron chi connectivity index (χ3n) is 2.54. The van der Waals surface area contributed by atoms with Gasteiger partial charge in [-0.2, -0.15) is 0 Å². The second-order valence-electron chi connectivity index (χ2n) is 4.14. The van der Waals surface area contributed by atoms with Crippen molar-refractivity contribution >= 4 is 15.9 Å². The molecule has 0 aliphatic carbocycles. The molecular weight excluding hydrogens is 294 g/mol. The van der Waals surface area contributed by atoms with Crippen LogP contribution in [-0.2, 0) is 0 Å². The molecule has 0 saturated carbocycles. The van der Waals surface area contributed by atoms with E-state index in [9.17, 15) is 5.11 Å². The zero-order valence-corrected chi connectivity index (χ0v) is 11.8. The Kier molecular flexibility index (Phi) is 3.99. The van der Waals surface area contributed by atoms with Crippen LogP contribution < -0.4 is 4.74 Å². The van der Waals surface area contributed by atoms with E-state index in [0.29, 0.717) is 5.88 Å². The highest BCUT2D eigenvalue weighted by atomic mass is 79.9. The van der Waals surface area contributed by atoms with Crippen molar-refractivity contribution in [3.63, 3.8) is 0 Å². The third-order valence-corrected chi connectivity index (χ3v) is 3.16. The van der Waals surface area contributed by atoms with Gasteiger partial charge in [-0.3, -0.25) is 0 Å². The first-order valence-corrected chi connectivity index (χ1v) is 6.43. The summed E-state index contributed by atoms with van der Waals surface area (Å²) in [4.78, 5) is 4.16. The highest BCUT2D eigenvalue weighted by Crippen LogP contribution is 2.29. The summed E-state index contributed by atoms with van der Waals surface area (Å²) >= 11 is 3.45. The molecule has 0 fully saturated rings. The molecule has 0 aliphatic heterocycles. The van der Waals surface area contributed by atoms with Gasteiger partial charge in [0, 0.05) is 12.3 Å². The number of halogens is 1. The Balaban J connectivity index is 2.18. The first-order valence-electron chi connectivity index (χ1n) is 5.64. The van der Waals surface area contributed by atoms with Crippen molar-refractivity contribution in [2.24, 2.45) is 0 Å². The summed E-state index contributed by atoms with van der Waals surface area (Å²) in [6.07, 6.45) is 1.10. The number of aliphatic hydroxyl groups is 1. The van der Waals surface area contributed by atoms with E-state index in [1.54, 1.807) is 25.3 Å². The number of aromatic nitrogens is 1. The lowest BCUT2D eigenvalue weighted by Crippen LogP contribution is -1.94. The lowest BCUT2D eigenvalue weighted by Gasteiger charge is -2.09. The van der Waals surface area contributed by atoms with Crippen LogP contribution in [0.15, 0.2) is 41.0 Å². The predicted molar refractivity (Wildman–Crippen MR) is 73.8 cm³/mol. The van der Waals surface area contributed by atoms with Crippen LogP contribution in [0.4, 0.5) is 0 Å². The fraction of sp³-hybridized carbons (Fsp3) is 0.214. The Hall–Kier alpha value is -1.39. The van der Waals surface area contributed by atoms with Gasteiger partial charge in [0.1, 0.15) is 5.75 Å². The number of pyridine rings is 1. The van der Waals surface area contributed by atoms with E-state index in [4.69, 9.17) is 4.74 Å². The van der Waals surface area contributed by atoms with Crippen LogP contribution in [0.3, 0.4) is 0 Å². The van der Waals surface area contributed by atoms with Gasteiger partial charge in [0.05, 0.1) is 10.6 Å². The van der Waals surface area contributed by atoms with Crippen LogP contribution >= 0.6 is 15.9 Å². The molecule has 0 aliphatic rings. The summed E-state index contributed by atoms with van der Waals surface area (Å²) in [5.41, 5.74) is 1.93. The van der Waals surface area contributed by atoms with Crippen LogP contribution in [0.5, 0.6) is 11.6 Å². The number of nitrogens with zero attached hydrogens (tertiary/aromatic N) is 1. The van der Waals surface area contributed by atoms with Crippen LogP contribution in [-0.4, -0.2) is 10.1 Å². The topological polar surface area (TPSA) is 42.4 Å². The van der Waals surface area contributed by atoms with Crippen LogP contribution in [0.25, 0.3) is 0 Å². The summed E-state index contributed by atoms with van der Waals surface area (Å²) < 4.78 is 6.55. The Morgan fingerprint density at radius 1 is 1.28 bits per heavy atom. The summed E-state index contributed by atoms with van der Waals surface area (Å²) in [7, 11) is 0. The SMILES string of the molecule is Cc1ccc(Oc2ccc([C@H](C)O)cn2)c(Br)c1. The molecule has 1 aromatic heterocycles. The van der Waals surface area contributed by atoms with Gasteiger partial charge < -0.3 is 9.84 Å². The molecular formula is C14H14BrNO2. The largest absolute Gasteiger partial charge is 0.438 e. The molecule has 1 aromatic carbocycles. The van der Waals surface area contributed by atoms with E-state index in [-0.39, 0.29) is 0 Å². The van der Waals surface area contributed by atoms with Crippen molar-refractivity contribution in [3.8, 4) is 11.6 Å². The molecule has 0 bridgehead atoms. The van der Waals surface area contributed by atoms with E-state index in [2.05, 4.69) is 20.9 Å². The molecule has 1 atom stereocenters. The summed E-state index contributed by atoms with van der Waals surface area (Å²) in [6.45, 7) is 3.72. The van der Waals surface area contributed by atoms with Crippen molar-refractivity contribution < 1.29 is 9.84 Å². The van der Waals surface area contributed by atoms with Gasteiger partial charge in [0.15, 0.2) is 0 Å². The van der Waals surface area contributed by atoms with Gasteiger partial charge in [0.25, 0.3) is 0 Å². The van der Waals surface area contributed by atoms with E-state index in [1.165, 1.54) is 0 Å². The van der Waals surface area contributed by atoms with Crippen molar-refractivity contribution in [2.45, 2.75) is 20.0 Å². The smallest absolute Gasteiger partial charge is 0.219 e. The van der Waals surface area contributed by atoms with E-state index >= 15 is 0 Å². The van der Waals surface area contributed by atoms with Gasteiger partial charge >= 0.3 is 0 Å². The average Bonchev–Trinajstić information content (AvgIpc) is 2.33. The van der Waals surface area contributed by atoms with Crippen molar-refractivity contribution in [1.82, 2.24) is 4.98 Å². The lowest BCUT2D eigenvalue weighted by molar-refractivity contribution is 0.198. The third kappa shape index (κ3) is 3.09. The zero-order valence-electron chi connectivity index (χ0n) is 10.2. The first-order chi connectivity index (χ1) is 8.56. The van der Waals surface area contributed by atoms with Gasteiger partial charge in [0.2, 0.25) is 5.88 Å². The van der Waals surface area contributed by atoms with Gasteiger partial charge in [-0.05, 0) is 59.1 Å². The molecule has 0 amide bonds. The molecule has 1 N–H and O–H groups in total. The van der Waals surface area contributed by atoms with Crippen LogP contribution in [0.2, 0.25) is 0 Å².